The summed E-state index contributed by atoms with van der Waals surface area (Å²) in [5.74, 6) is 2.42. The van der Waals surface area contributed by atoms with Crippen molar-refractivity contribution in [2.75, 3.05) is 45.9 Å². The van der Waals surface area contributed by atoms with Gasteiger partial charge in [-0.25, -0.2) is 0 Å². The molecule has 0 bridgehead atoms. The zero-order valence-corrected chi connectivity index (χ0v) is 15.3. The van der Waals surface area contributed by atoms with Gasteiger partial charge in [0, 0.05) is 38.8 Å². The molecular weight excluding hydrogens is 288 g/mol. The van der Waals surface area contributed by atoms with Crippen molar-refractivity contribution in [2.24, 2.45) is 16.8 Å². The normalized spacial score (nSPS) is 28.4. The van der Waals surface area contributed by atoms with Crippen molar-refractivity contribution in [1.29, 1.82) is 0 Å². The second-order valence-electron chi connectivity index (χ2n) is 7.35. The first kappa shape index (κ1) is 18.5. The number of morpholine rings is 1. The SMILES string of the molecule is CCNC(=NCC(C)CN1CCOCC1)NC1CCCC(C)C1. The third-order valence-corrected chi connectivity index (χ3v) is 4.86. The molecule has 2 aliphatic rings. The Bertz CT molecular complexity index is 355. The summed E-state index contributed by atoms with van der Waals surface area (Å²) in [4.78, 5) is 7.33. The van der Waals surface area contributed by atoms with Gasteiger partial charge in [0.1, 0.15) is 0 Å². The maximum absolute atomic E-state index is 5.42. The van der Waals surface area contributed by atoms with E-state index in [0.717, 1.165) is 57.8 Å². The predicted octanol–water partition coefficient (Wildman–Crippen LogP) is 2.09. The molecule has 5 heteroatoms. The Kier molecular flexibility index (Phi) is 8.17. The molecule has 2 fully saturated rings. The third kappa shape index (κ3) is 7.08. The molecule has 0 aromatic rings. The molecule has 134 valence electrons. The topological polar surface area (TPSA) is 48.9 Å². The number of rotatable bonds is 6. The lowest BCUT2D eigenvalue weighted by Gasteiger charge is -2.30. The van der Waals surface area contributed by atoms with E-state index >= 15 is 0 Å². The van der Waals surface area contributed by atoms with Crippen LogP contribution in [0, 0.1) is 11.8 Å². The highest BCUT2D eigenvalue weighted by Gasteiger charge is 2.20. The monoisotopic (exact) mass is 324 g/mol. The Morgan fingerprint density at radius 1 is 1.30 bits per heavy atom. The summed E-state index contributed by atoms with van der Waals surface area (Å²) in [5, 5.41) is 7.06. The van der Waals surface area contributed by atoms with Crippen molar-refractivity contribution < 1.29 is 4.74 Å². The van der Waals surface area contributed by atoms with Crippen molar-refractivity contribution in [2.45, 2.75) is 52.5 Å². The fourth-order valence-corrected chi connectivity index (χ4v) is 3.61. The zero-order chi connectivity index (χ0) is 16.5. The van der Waals surface area contributed by atoms with Gasteiger partial charge in [-0.05, 0) is 31.6 Å². The first-order valence-electron chi connectivity index (χ1n) is 9.52. The van der Waals surface area contributed by atoms with E-state index in [1.54, 1.807) is 0 Å². The van der Waals surface area contributed by atoms with Crippen molar-refractivity contribution in [1.82, 2.24) is 15.5 Å². The molecule has 1 saturated carbocycles. The Hall–Kier alpha value is -0.810. The number of hydrogen-bond donors (Lipinski definition) is 2. The molecule has 0 aromatic heterocycles. The highest BCUT2D eigenvalue weighted by Crippen LogP contribution is 2.23. The molecule has 0 amide bonds. The molecule has 3 atom stereocenters. The van der Waals surface area contributed by atoms with E-state index in [1.165, 1.54) is 25.7 Å². The predicted molar refractivity (Wildman–Crippen MR) is 97.0 cm³/mol. The Morgan fingerprint density at radius 2 is 2.09 bits per heavy atom. The van der Waals surface area contributed by atoms with E-state index in [-0.39, 0.29) is 0 Å². The second-order valence-corrected chi connectivity index (χ2v) is 7.35. The maximum Gasteiger partial charge on any atom is 0.191 e. The molecule has 2 rings (SSSR count). The number of guanidine groups is 1. The average Bonchev–Trinajstić information content (AvgIpc) is 2.54. The van der Waals surface area contributed by atoms with E-state index in [4.69, 9.17) is 9.73 Å². The Morgan fingerprint density at radius 3 is 2.78 bits per heavy atom. The molecule has 0 spiro atoms. The molecule has 1 saturated heterocycles. The van der Waals surface area contributed by atoms with Crippen LogP contribution in [0.4, 0.5) is 0 Å². The van der Waals surface area contributed by atoms with Gasteiger partial charge in [-0.15, -0.1) is 0 Å². The summed E-state index contributed by atoms with van der Waals surface area (Å²) >= 11 is 0. The minimum Gasteiger partial charge on any atom is -0.379 e. The lowest BCUT2D eigenvalue weighted by molar-refractivity contribution is 0.0323. The van der Waals surface area contributed by atoms with Crippen LogP contribution in [0.3, 0.4) is 0 Å². The van der Waals surface area contributed by atoms with Crippen LogP contribution in [0.2, 0.25) is 0 Å². The van der Waals surface area contributed by atoms with Crippen LogP contribution < -0.4 is 10.6 Å². The molecular formula is C18H36N4O. The summed E-state index contributed by atoms with van der Waals surface area (Å²) in [6, 6.07) is 0.589. The molecule has 2 N–H and O–H groups in total. The number of nitrogens with one attached hydrogen (secondary N) is 2. The van der Waals surface area contributed by atoms with Crippen LogP contribution in [0.25, 0.3) is 0 Å². The third-order valence-electron chi connectivity index (χ3n) is 4.86. The van der Waals surface area contributed by atoms with Gasteiger partial charge < -0.3 is 15.4 Å². The number of ether oxygens (including phenoxy) is 1. The number of nitrogens with zero attached hydrogens (tertiary/aromatic N) is 2. The van der Waals surface area contributed by atoms with Crippen molar-refractivity contribution in [3.8, 4) is 0 Å². The van der Waals surface area contributed by atoms with E-state index in [9.17, 15) is 0 Å². The van der Waals surface area contributed by atoms with Gasteiger partial charge in [0.2, 0.25) is 0 Å². The van der Waals surface area contributed by atoms with Gasteiger partial charge in [0.25, 0.3) is 0 Å². The fraction of sp³-hybridized carbons (Fsp3) is 0.944. The number of aliphatic imine (C=N–C) groups is 1. The van der Waals surface area contributed by atoms with E-state index in [0.29, 0.717) is 12.0 Å². The zero-order valence-electron chi connectivity index (χ0n) is 15.3. The Balaban J connectivity index is 1.77. The molecule has 1 heterocycles. The summed E-state index contributed by atoms with van der Waals surface area (Å²) < 4.78 is 5.42. The van der Waals surface area contributed by atoms with Gasteiger partial charge in [0.15, 0.2) is 5.96 Å². The molecule has 3 unspecified atom stereocenters. The van der Waals surface area contributed by atoms with Gasteiger partial charge in [0.05, 0.1) is 13.2 Å². The Labute approximate surface area is 142 Å². The molecule has 0 radical (unpaired) electrons. The molecule has 1 aliphatic heterocycles. The lowest BCUT2D eigenvalue weighted by atomic mass is 9.87. The van der Waals surface area contributed by atoms with Gasteiger partial charge in [-0.3, -0.25) is 9.89 Å². The maximum atomic E-state index is 5.42. The summed E-state index contributed by atoms with van der Waals surface area (Å²) in [7, 11) is 0. The van der Waals surface area contributed by atoms with Crippen LogP contribution in [0.5, 0.6) is 0 Å². The van der Waals surface area contributed by atoms with E-state index in [2.05, 4.69) is 36.3 Å². The van der Waals surface area contributed by atoms with Crippen LogP contribution in [0.15, 0.2) is 4.99 Å². The van der Waals surface area contributed by atoms with Crippen LogP contribution in [0.1, 0.15) is 46.5 Å². The van der Waals surface area contributed by atoms with Gasteiger partial charge >= 0.3 is 0 Å². The average molecular weight is 325 g/mol. The van der Waals surface area contributed by atoms with Crippen molar-refractivity contribution in [3.63, 3.8) is 0 Å². The summed E-state index contributed by atoms with van der Waals surface area (Å²) in [5.41, 5.74) is 0. The molecule has 1 aliphatic carbocycles. The first-order valence-corrected chi connectivity index (χ1v) is 9.52. The largest absolute Gasteiger partial charge is 0.379 e. The van der Waals surface area contributed by atoms with Crippen molar-refractivity contribution >= 4 is 5.96 Å². The van der Waals surface area contributed by atoms with E-state index < -0.39 is 0 Å². The summed E-state index contributed by atoms with van der Waals surface area (Å²) in [6.45, 7) is 13.6. The minimum atomic E-state index is 0.578. The lowest BCUT2D eigenvalue weighted by Crippen LogP contribution is -2.45. The van der Waals surface area contributed by atoms with E-state index in [1.807, 2.05) is 0 Å². The second kappa shape index (κ2) is 10.1. The smallest absolute Gasteiger partial charge is 0.191 e. The fourth-order valence-electron chi connectivity index (χ4n) is 3.61. The summed E-state index contributed by atoms with van der Waals surface area (Å²) in [6.07, 6.45) is 5.26. The minimum absolute atomic E-state index is 0.578. The highest BCUT2D eigenvalue weighted by atomic mass is 16.5. The van der Waals surface area contributed by atoms with Crippen LogP contribution in [-0.4, -0.2) is 62.8 Å². The number of hydrogen-bond acceptors (Lipinski definition) is 3. The quantitative estimate of drug-likeness (QED) is 0.580. The van der Waals surface area contributed by atoms with Crippen LogP contribution >= 0.6 is 0 Å². The molecule has 23 heavy (non-hydrogen) atoms. The highest BCUT2D eigenvalue weighted by molar-refractivity contribution is 5.80. The standard InChI is InChI=1S/C18H36N4O/c1-4-19-18(21-17-7-5-6-15(2)12-17)20-13-16(3)14-22-8-10-23-11-9-22/h15-17H,4-14H2,1-3H3,(H2,19,20,21). The molecule has 0 aromatic carbocycles. The van der Waals surface area contributed by atoms with Gasteiger partial charge in [-0.2, -0.15) is 0 Å². The van der Waals surface area contributed by atoms with Crippen LogP contribution in [-0.2, 0) is 4.74 Å². The van der Waals surface area contributed by atoms with Gasteiger partial charge in [-0.1, -0.05) is 26.7 Å². The molecule has 5 nitrogen and oxygen atoms in total. The van der Waals surface area contributed by atoms with Crippen molar-refractivity contribution in [3.05, 3.63) is 0 Å². The first-order chi connectivity index (χ1) is 11.2.